The van der Waals surface area contributed by atoms with Crippen LogP contribution in [0.1, 0.15) is 150 Å². The lowest BCUT2D eigenvalue weighted by Crippen LogP contribution is -2.16. The van der Waals surface area contributed by atoms with Gasteiger partial charge in [-0.15, -0.1) is 0 Å². The topological polar surface area (TPSA) is 57.4 Å². The molecule has 0 saturated carbocycles. The van der Waals surface area contributed by atoms with Crippen molar-refractivity contribution in [2.75, 3.05) is 0 Å². The number of fused-ring (bicyclic) bond motifs is 8. The average Bonchev–Trinajstić information content (AvgIpc) is 4.14. The molecule has 0 amide bonds. The van der Waals surface area contributed by atoms with Crippen molar-refractivity contribution in [3.05, 3.63) is 189 Å². The molecule has 4 aromatic carbocycles. The molecule has 0 fully saturated rings. The van der Waals surface area contributed by atoms with E-state index >= 15 is 0 Å². The van der Waals surface area contributed by atoms with E-state index in [-0.39, 0.29) is 21.7 Å². The van der Waals surface area contributed by atoms with Gasteiger partial charge in [-0.1, -0.05) is 180 Å². The second-order valence-corrected chi connectivity index (χ2v) is 22.3. The summed E-state index contributed by atoms with van der Waals surface area (Å²) in [6, 6.07) is 43.1. The van der Waals surface area contributed by atoms with E-state index in [1.165, 1.54) is 22.3 Å². The minimum Gasteiger partial charge on any atom is -0.354 e. The number of benzene rings is 4. The summed E-state index contributed by atoms with van der Waals surface area (Å²) in [5.74, 6) is 14.2. The molecular formula is C64H62N4. The lowest BCUT2D eigenvalue weighted by Gasteiger charge is -2.26. The number of aromatic amines is 2. The van der Waals surface area contributed by atoms with E-state index in [9.17, 15) is 0 Å². The Bertz CT molecular complexity index is 3250. The fraction of sp³-hybridized carbons (Fsp3) is 0.250. The fourth-order valence-electron chi connectivity index (χ4n) is 8.66. The summed E-state index contributed by atoms with van der Waals surface area (Å²) in [4.78, 5) is 18.8. The molecule has 4 heteroatoms. The summed E-state index contributed by atoms with van der Waals surface area (Å²) in [6.45, 7) is 27.4. The Morgan fingerprint density at radius 2 is 0.662 bits per heavy atom. The van der Waals surface area contributed by atoms with Gasteiger partial charge in [0.15, 0.2) is 0 Å². The van der Waals surface area contributed by atoms with Gasteiger partial charge in [0, 0.05) is 33.3 Å². The van der Waals surface area contributed by atoms with Crippen molar-refractivity contribution in [1.29, 1.82) is 0 Å². The van der Waals surface area contributed by atoms with Gasteiger partial charge in [0.25, 0.3) is 0 Å². The number of rotatable bonds is 2. The van der Waals surface area contributed by atoms with Crippen molar-refractivity contribution in [3.8, 4) is 45.9 Å². The minimum absolute atomic E-state index is 0.0841. The first-order valence-corrected chi connectivity index (χ1v) is 23.8. The molecule has 7 aromatic rings. The molecule has 3 aromatic heterocycles. The second-order valence-electron chi connectivity index (χ2n) is 22.3. The zero-order chi connectivity index (χ0) is 48.2. The van der Waals surface area contributed by atoms with Crippen LogP contribution in [0.3, 0.4) is 0 Å². The molecule has 4 nitrogen and oxygen atoms in total. The SMILES string of the molecule is CC(C)(C)c1cc(-c2c3nc(c(C#Cc4ccccc4)c4ccc([nH]4)c(-c4cc(C(C)(C)C)cc(C(C)(C)C)c4)c4ccc([nH]4)c(C#Cc4ccccc4)c4nc2C=C4)C=C3)cc(C(C)(C)C)c1. The Labute approximate surface area is 403 Å². The van der Waals surface area contributed by atoms with Gasteiger partial charge < -0.3 is 9.97 Å². The largest absolute Gasteiger partial charge is 0.354 e. The summed E-state index contributed by atoms with van der Waals surface area (Å²) >= 11 is 0. The van der Waals surface area contributed by atoms with E-state index in [0.29, 0.717) is 0 Å². The zero-order valence-electron chi connectivity index (χ0n) is 41.8. The minimum atomic E-state index is -0.0963. The lowest BCUT2D eigenvalue weighted by atomic mass is 9.78. The van der Waals surface area contributed by atoms with Gasteiger partial charge in [-0.2, -0.15) is 0 Å². The van der Waals surface area contributed by atoms with Gasteiger partial charge in [-0.3, -0.25) is 0 Å². The molecule has 0 atom stereocenters. The lowest BCUT2D eigenvalue weighted by molar-refractivity contribution is 0.568. The predicted molar refractivity (Wildman–Crippen MR) is 289 cm³/mol. The van der Waals surface area contributed by atoms with Crippen LogP contribution in [-0.2, 0) is 21.7 Å². The highest BCUT2D eigenvalue weighted by Gasteiger charge is 2.26. The van der Waals surface area contributed by atoms with Crippen molar-refractivity contribution in [1.82, 2.24) is 19.9 Å². The summed E-state index contributed by atoms with van der Waals surface area (Å²) in [7, 11) is 0. The third-order valence-electron chi connectivity index (χ3n) is 12.9. The Hall–Kier alpha value is -7.40. The van der Waals surface area contributed by atoms with Gasteiger partial charge in [0.05, 0.1) is 44.9 Å². The third kappa shape index (κ3) is 9.56. The van der Waals surface area contributed by atoms with Crippen LogP contribution in [0.2, 0.25) is 0 Å². The van der Waals surface area contributed by atoms with Crippen molar-refractivity contribution in [3.63, 3.8) is 0 Å². The first-order chi connectivity index (χ1) is 32.2. The average molecular weight is 887 g/mol. The maximum Gasteiger partial charge on any atom is 0.0815 e. The van der Waals surface area contributed by atoms with Crippen LogP contribution in [0.15, 0.2) is 121 Å². The highest BCUT2D eigenvalue weighted by Crippen LogP contribution is 2.40. The highest BCUT2D eigenvalue weighted by atomic mass is 14.8. The number of aromatic nitrogens is 4. The molecule has 338 valence electrons. The third-order valence-corrected chi connectivity index (χ3v) is 12.9. The molecule has 9 rings (SSSR count). The van der Waals surface area contributed by atoms with Crippen LogP contribution in [0.4, 0.5) is 0 Å². The van der Waals surface area contributed by atoms with Crippen molar-refractivity contribution >= 4 is 46.4 Å². The monoisotopic (exact) mass is 886 g/mol. The van der Waals surface area contributed by atoms with Crippen molar-refractivity contribution in [2.24, 2.45) is 0 Å². The van der Waals surface area contributed by atoms with E-state index in [2.05, 4.69) is 202 Å². The molecule has 2 aliphatic heterocycles. The van der Waals surface area contributed by atoms with E-state index in [1.54, 1.807) is 0 Å². The summed E-state index contributed by atoms with van der Waals surface area (Å²) < 4.78 is 0. The number of nitrogens with one attached hydrogen (secondary N) is 2. The normalized spacial score (nSPS) is 12.6. The van der Waals surface area contributed by atoms with Gasteiger partial charge >= 0.3 is 0 Å². The van der Waals surface area contributed by atoms with Crippen LogP contribution in [0.25, 0.3) is 68.6 Å². The van der Waals surface area contributed by atoms with Crippen LogP contribution >= 0.6 is 0 Å². The summed E-state index contributed by atoms with van der Waals surface area (Å²) in [5.41, 5.74) is 19.3. The Balaban J connectivity index is 1.46. The number of H-pyrrole nitrogens is 2. The van der Waals surface area contributed by atoms with Crippen molar-refractivity contribution in [2.45, 2.75) is 105 Å². The number of hydrogen-bond donors (Lipinski definition) is 2. The smallest absolute Gasteiger partial charge is 0.0815 e. The second kappa shape index (κ2) is 17.4. The molecule has 5 heterocycles. The van der Waals surface area contributed by atoms with E-state index in [4.69, 9.17) is 9.97 Å². The summed E-state index contributed by atoms with van der Waals surface area (Å²) in [6.07, 6.45) is 8.48. The Kier molecular flexibility index (Phi) is 11.7. The molecule has 8 bridgehead atoms. The van der Waals surface area contributed by atoms with Crippen molar-refractivity contribution < 1.29 is 0 Å². The quantitative estimate of drug-likeness (QED) is 0.170. The van der Waals surface area contributed by atoms with Gasteiger partial charge in [-0.25, -0.2) is 9.97 Å². The zero-order valence-corrected chi connectivity index (χ0v) is 41.8. The molecule has 0 unspecified atom stereocenters. The first-order valence-electron chi connectivity index (χ1n) is 23.8. The Morgan fingerprint density at radius 3 is 1.01 bits per heavy atom. The molecule has 0 saturated heterocycles. The van der Waals surface area contributed by atoms with Crippen LogP contribution in [0.5, 0.6) is 0 Å². The molecule has 0 spiro atoms. The highest BCUT2D eigenvalue weighted by molar-refractivity contribution is 5.96. The van der Waals surface area contributed by atoms with Crippen LogP contribution < -0.4 is 0 Å². The maximum atomic E-state index is 5.52. The Morgan fingerprint density at radius 1 is 0.338 bits per heavy atom. The molecule has 2 N–H and O–H groups in total. The molecule has 0 radical (unpaired) electrons. The van der Waals surface area contributed by atoms with E-state index < -0.39 is 0 Å². The number of hydrogen-bond acceptors (Lipinski definition) is 2. The van der Waals surface area contributed by atoms with Crippen LogP contribution in [-0.4, -0.2) is 19.9 Å². The number of nitrogens with zero attached hydrogens (tertiary/aromatic N) is 2. The molecule has 0 aliphatic carbocycles. The predicted octanol–water partition coefficient (Wildman–Crippen LogP) is 16.0. The maximum absolute atomic E-state index is 5.52. The van der Waals surface area contributed by atoms with Crippen LogP contribution in [0, 0.1) is 23.7 Å². The van der Waals surface area contributed by atoms with Gasteiger partial charge in [-0.05, 0) is 128 Å². The molecular weight excluding hydrogens is 825 g/mol. The standard InChI is InChI=1S/C64H62N4/c1-61(2,3)45-35-43(36-46(39-45)62(4,5)6)59-55-31-27-51(65-55)49(25-23-41-19-15-13-16-20-41)53-29-33-57(67-53)60(44-37-47(63(7,8)9)40-48(38-44)64(10,11)12)58-34-30-54(68-58)50(52-28-32-56(59)66-52)26-24-42-21-17-14-18-22-42/h13-22,27-40,65-66H,1-12H3. The molecule has 68 heavy (non-hydrogen) atoms. The summed E-state index contributed by atoms with van der Waals surface area (Å²) in [5, 5.41) is 0. The fourth-order valence-corrected chi connectivity index (χ4v) is 8.66. The van der Waals surface area contributed by atoms with Gasteiger partial charge in [0.2, 0.25) is 0 Å². The van der Waals surface area contributed by atoms with E-state index in [1.807, 2.05) is 60.7 Å². The molecule has 2 aliphatic rings. The first kappa shape index (κ1) is 45.7. The van der Waals surface area contributed by atoms with Gasteiger partial charge in [0.1, 0.15) is 0 Å². The van der Waals surface area contributed by atoms with E-state index in [0.717, 1.165) is 89.4 Å².